The second-order valence-electron chi connectivity index (χ2n) is 5.57. The molecule has 0 saturated carbocycles. The van der Waals surface area contributed by atoms with Gasteiger partial charge in [-0.25, -0.2) is 0 Å². The number of carbonyl (C=O) groups is 3. The van der Waals surface area contributed by atoms with Crippen LogP contribution in [0, 0.1) is 0 Å². The normalized spacial score (nSPS) is 11.9. The second-order valence-corrected chi connectivity index (χ2v) is 5.57. The Balaban J connectivity index is 2.61. The number of amides is 2. The number of anilines is 1. The molecule has 1 atom stereocenters. The maximum Gasteiger partial charge on any atom is 0.241 e. The molecule has 6 nitrogen and oxygen atoms in total. The third-order valence-corrected chi connectivity index (χ3v) is 3.54. The van der Waals surface area contributed by atoms with Gasteiger partial charge in [0.2, 0.25) is 11.8 Å². The fourth-order valence-electron chi connectivity index (χ4n) is 1.95. The lowest BCUT2D eigenvalue weighted by atomic mass is 10.1. The van der Waals surface area contributed by atoms with Crippen molar-refractivity contribution in [1.29, 1.82) is 0 Å². The van der Waals surface area contributed by atoms with Gasteiger partial charge in [-0.05, 0) is 39.4 Å². The van der Waals surface area contributed by atoms with Gasteiger partial charge < -0.3 is 10.6 Å². The lowest BCUT2D eigenvalue weighted by Gasteiger charge is -2.23. The van der Waals surface area contributed by atoms with Crippen LogP contribution in [0.2, 0.25) is 0 Å². The molecule has 0 saturated heterocycles. The molecule has 0 unspecified atom stereocenters. The fourth-order valence-corrected chi connectivity index (χ4v) is 1.95. The van der Waals surface area contributed by atoms with Crippen molar-refractivity contribution in [2.75, 3.05) is 25.5 Å². The number of nitrogens with one attached hydrogen (secondary N) is 2. The molecule has 126 valence electrons. The number of nitrogens with zero attached hydrogens (tertiary/aromatic N) is 1. The summed E-state index contributed by atoms with van der Waals surface area (Å²) in [7, 11) is 1.72. The standard InChI is InChI=1S/C17H25N3O3/c1-5-9-18-16(22)11-20(4)12(2)17(23)19-15-8-6-7-14(10-15)13(3)21/h6-8,10,12H,5,9,11H2,1-4H3,(H,18,22)(H,19,23)/t12-/m0/s1. The average Bonchev–Trinajstić information content (AvgIpc) is 2.52. The van der Waals surface area contributed by atoms with E-state index in [0.717, 1.165) is 6.42 Å². The summed E-state index contributed by atoms with van der Waals surface area (Å²) in [6, 6.07) is 6.32. The van der Waals surface area contributed by atoms with Gasteiger partial charge in [0.25, 0.3) is 0 Å². The predicted octanol–water partition coefficient (Wildman–Crippen LogP) is 1.67. The van der Waals surface area contributed by atoms with Crippen LogP contribution in [-0.4, -0.2) is 48.7 Å². The highest BCUT2D eigenvalue weighted by atomic mass is 16.2. The predicted molar refractivity (Wildman–Crippen MR) is 90.5 cm³/mol. The summed E-state index contributed by atoms with van der Waals surface area (Å²) in [5.74, 6) is -0.386. The summed E-state index contributed by atoms with van der Waals surface area (Å²) < 4.78 is 0. The third kappa shape index (κ3) is 6.20. The first-order chi connectivity index (χ1) is 10.8. The molecule has 23 heavy (non-hydrogen) atoms. The molecule has 0 radical (unpaired) electrons. The highest BCUT2D eigenvalue weighted by Gasteiger charge is 2.20. The Bertz CT molecular complexity index is 572. The van der Waals surface area contributed by atoms with E-state index < -0.39 is 6.04 Å². The first-order valence-corrected chi connectivity index (χ1v) is 7.74. The summed E-state index contributed by atoms with van der Waals surface area (Å²) in [5.41, 5.74) is 1.11. The van der Waals surface area contributed by atoms with Crippen molar-refractivity contribution < 1.29 is 14.4 Å². The number of benzene rings is 1. The van der Waals surface area contributed by atoms with Crippen molar-refractivity contribution in [2.45, 2.75) is 33.2 Å². The van der Waals surface area contributed by atoms with Crippen molar-refractivity contribution in [1.82, 2.24) is 10.2 Å². The summed E-state index contributed by atoms with van der Waals surface area (Å²) in [4.78, 5) is 37.0. The monoisotopic (exact) mass is 319 g/mol. The van der Waals surface area contributed by atoms with E-state index in [4.69, 9.17) is 0 Å². The Morgan fingerprint density at radius 1 is 1.26 bits per heavy atom. The number of hydrogen-bond acceptors (Lipinski definition) is 4. The topological polar surface area (TPSA) is 78.5 Å². The molecule has 1 rings (SSSR count). The largest absolute Gasteiger partial charge is 0.355 e. The van der Waals surface area contributed by atoms with Gasteiger partial charge >= 0.3 is 0 Å². The maximum absolute atomic E-state index is 12.3. The Morgan fingerprint density at radius 3 is 2.57 bits per heavy atom. The molecule has 0 spiro atoms. The third-order valence-electron chi connectivity index (χ3n) is 3.54. The van der Waals surface area contributed by atoms with Gasteiger partial charge in [0.1, 0.15) is 0 Å². The molecular weight excluding hydrogens is 294 g/mol. The van der Waals surface area contributed by atoms with Gasteiger partial charge in [0.05, 0.1) is 12.6 Å². The Morgan fingerprint density at radius 2 is 1.96 bits per heavy atom. The lowest BCUT2D eigenvalue weighted by Crippen LogP contribution is -2.44. The van der Waals surface area contributed by atoms with Gasteiger partial charge in [-0.15, -0.1) is 0 Å². The van der Waals surface area contributed by atoms with E-state index in [1.807, 2.05) is 6.92 Å². The summed E-state index contributed by atoms with van der Waals surface area (Å²) in [6.45, 7) is 5.98. The average molecular weight is 319 g/mol. The van der Waals surface area contributed by atoms with Crippen LogP contribution < -0.4 is 10.6 Å². The Labute approximate surface area is 137 Å². The molecule has 0 bridgehead atoms. The van der Waals surface area contributed by atoms with Crippen molar-refractivity contribution in [3.8, 4) is 0 Å². The number of rotatable bonds is 8. The van der Waals surface area contributed by atoms with Crippen molar-refractivity contribution in [3.63, 3.8) is 0 Å². The molecule has 2 amide bonds. The molecule has 1 aromatic rings. The van der Waals surface area contributed by atoms with Crippen LogP contribution in [0.4, 0.5) is 5.69 Å². The highest BCUT2D eigenvalue weighted by molar-refractivity contribution is 5.98. The van der Waals surface area contributed by atoms with Gasteiger partial charge in [-0.2, -0.15) is 0 Å². The van der Waals surface area contributed by atoms with Crippen LogP contribution in [0.1, 0.15) is 37.6 Å². The minimum absolute atomic E-state index is 0.0566. The smallest absolute Gasteiger partial charge is 0.241 e. The van der Waals surface area contributed by atoms with Crippen LogP contribution in [0.15, 0.2) is 24.3 Å². The SMILES string of the molecule is CCCNC(=O)CN(C)[C@@H](C)C(=O)Nc1cccc(C(C)=O)c1. The number of Topliss-reactive ketones (excluding diaryl/α,β-unsaturated/α-hetero) is 1. The van der Waals surface area contributed by atoms with Gasteiger partial charge in [-0.3, -0.25) is 19.3 Å². The molecule has 0 aliphatic rings. The first kappa shape index (κ1) is 18.8. The highest BCUT2D eigenvalue weighted by Crippen LogP contribution is 2.12. The fraction of sp³-hybridized carbons (Fsp3) is 0.471. The lowest BCUT2D eigenvalue weighted by molar-refractivity contribution is -0.124. The molecular formula is C17H25N3O3. The minimum atomic E-state index is -0.469. The van der Waals surface area contributed by atoms with Crippen LogP contribution in [0.5, 0.6) is 0 Å². The molecule has 0 fully saturated rings. The molecule has 0 aromatic heterocycles. The van der Waals surface area contributed by atoms with Gasteiger partial charge in [-0.1, -0.05) is 19.1 Å². The molecule has 0 heterocycles. The molecule has 2 N–H and O–H groups in total. The zero-order chi connectivity index (χ0) is 17.4. The van der Waals surface area contributed by atoms with E-state index in [9.17, 15) is 14.4 Å². The van der Waals surface area contributed by atoms with Gasteiger partial charge in [0.15, 0.2) is 5.78 Å². The van der Waals surface area contributed by atoms with E-state index in [1.165, 1.54) is 6.92 Å². The maximum atomic E-state index is 12.3. The minimum Gasteiger partial charge on any atom is -0.355 e. The Kier molecular flexibility index (Phi) is 7.41. The quantitative estimate of drug-likeness (QED) is 0.715. The molecule has 6 heteroatoms. The zero-order valence-electron chi connectivity index (χ0n) is 14.2. The Hall–Kier alpha value is -2.21. The zero-order valence-corrected chi connectivity index (χ0v) is 14.2. The number of carbonyl (C=O) groups excluding carboxylic acids is 3. The van der Waals surface area contributed by atoms with E-state index in [1.54, 1.807) is 43.1 Å². The molecule has 0 aliphatic carbocycles. The van der Waals surface area contributed by atoms with Crippen LogP contribution in [0.25, 0.3) is 0 Å². The van der Waals surface area contributed by atoms with E-state index in [0.29, 0.717) is 17.8 Å². The van der Waals surface area contributed by atoms with E-state index in [2.05, 4.69) is 10.6 Å². The van der Waals surface area contributed by atoms with E-state index >= 15 is 0 Å². The van der Waals surface area contributed by atoms with Gasteiger partial charge in [0, 0.05) is 17.8 Å². The number of ketones is 1. The summed E-state index contributed by atoms with van der Waals surface area (Å²) in [5, 5.41) is 5.55. The number of likely N-dealkylation sites (N-methyl/N-ethyl adjacent to an activating group) is 1. The van der Waals surface area contributed by atoms with Crippen LogP contribution in [0.3, 0.4) is 0 Å². The number of hydrogen-bond donors (Lipinski definition) is 2. The van der Waals surface area contributed by atoms with E-state index in [-0.39, 0.29) is 24.1 Å². The van der Waals surface area contributed by atoms with Crippen LogP contribution >= 0.6 is 0 Å². The molecule has 1 aromatic carbocycles. The molecule has 0 aliphatic heterocycles. The van der Waals surface area contributed by atoms with Crippen LogP contribution in [-0.2, 0) is 9.59 Å². The van der Waals surface area contributed by atoms with Crippen molar-refractivity contribution >= 4 is 23.3 Å². The summed E-state index contributed by atoms with van der Waals surface area (Å²) >= 11 is 0. The summed E-state index contributed by atoms with van der Waals surface area (Å²) in [6.07, 6.45) is 0.873. The van der Waals surface area contributed by atoms with Crippen molar-refractivity contribution in [2.24, 2.45) is 0 Å². The van der Waals surface area contributed by atoms with Crippen molar-refractivity contribution in [3.05, 3.63) is 29.8 Å². The first-order valence-electron chi connectivity index (χ1n) is 7.74. The second kappa shape index (κ2) is 9.05.